The first-order valence-corrected chi connectivity index (χ1v) is 4.97. The van der Waals surface area contributed by atoms with Crippen LogP contribution in [0.4, 0.5) is 0 Å². The van der Waals surface area contributed by atoms with Gasteiger partial charge in [0.05, 0.1) is 0 Å². The number of fused-ring (bicyclic) bond motifs is 1. The van der Waals surface area contributed by atoms with Crippen LogP contribution in [0.3, 0.4) is 0 Å². The molecule has 1 nitrogen and oxygen atoms in total. The van der Waals surface area contributed by atoms with Crippen molar-refractivity contribution in [2.45, 2.75) is 26.7 Å². The molecule has 2 rings (SSSR count). The van der Waals surface area contributed by atoms with Gasteiger partial charge in [-0.2, -0.15) is 0 Å². The van der Waals surface area contributed by atoms with Crippen LogP contribution in [0.25, 0.3) is 0 Å². The van der Waals surface area contributed by atoms with E-state index in [9.17, 15) is 5.11 Å². The molecule has 1 aromatic carbocycles. The molecule has 0 saturated heterocycles. The molecule has 0 amide bonds. The molecule has 0 aliphatic heterocycles. The van der Waals surface area contributed by atoms with Gasteiger partial charge in [0.15, 0.2) is 0 Å². The Morgan fingerprint density at radius 3 is 2.62 bits per heavy atom. The second kappa shape index (κ2) is 3.06. The van der Waals surface area contributed by atoms with Crippen molar-refractivity contribution in [1.29, 1.82) is 0 Å². The number of phenols is 1. The molecule has 1 N–H and O–H groups in total. The first-order chi connectivity index (χ1) is 6.16. The Kier molecular flexibility index (Phi) is 2.03. The molecule has 0 radical (unpaired) electrons. The second-order valence-electron chi connectivity index (χ2n) is 4.37. The van der Waals surface area contributed by atoms with Crippen molar-refractivity contribution >= 4 is 0 Å². The molecule has 0 bridgehead atoms. The number of aromatic hydroxyl groups is 1. The van der Waals surface area contributed by atoms with E-state index in [4.69, 9.17) is 0 Å². The van der Waals surface area contributed by atoms with E-state index in [1.54, 1.807) is 6.07 Å². The Balaban J connectivity index is 2.25. The zero-order valence-corrected chi connectivity index (χ0v) is 8.25. The van der Waals surface area contributed by atoms with Gasteiger partial charge in [0.25, 0.3) is 0 Å². The van der Waals surface area contributed by atoms with Gasteiger partial charge in [-0.3, -0.25) is 0 Å². The predicted molar refractivity (Wildman–Crippen MR) is 53.8 cm³/mol. The molecule has 0 heterocycles. The normalized spacial score (nSPS) is 20.7. The SMILES string of the molecule is CC(C)C1Cc2ccc(O)cc2C1. The van der Waals surface area contributed by atoms with Crippen molar-refractivity contribution in [1.82, 2.24) is 0 Å². The lowest BCUT2D eigenvalue weighted by atomic mass is 9.93. The third-order valence-electron chi connectivity index (χ3n) is 3.10. The molecule has 0 saturated carbocycles. The Hall–Kier alpha value is -0.980. The van der Waals surface area contributed by atoms with Gasteiger partial charge >= 0.3 is 0 Å². The van der Waals surface area contributed by atoms with Gasteiger partial charge in [0, 0.05) is 0 Å². The molecule has 1 aliphatic rings. The minimum Gasteiger partial charge on any atom is -0.508 e. The summed E-state index contributed by atoms with van der Waals surface area (Å²) in [6.45, 7) is 4.55. The van der Waals surface area contributed by atoms with Crippen LogP contribution in [0, 0.1) is 11.8 Å². The van der Waals surface area contributed by atoms with Gasteiger partial charge in [0.2, 0.25) is 0 Å². The molecule has 1 aromatic rings. The summed E-state index contributed by atoms with van der Waals surface area (Å²) in [6, 6.07) is 5.77. The summed E-state index contributed by atoms with van der Waals surface area (Å²) >= 11 is 0. The fourth-order valence-corrected chi connectivity index (χ4v) is 2.11. The highest BCUT2D eigenvalue weighted by Crippen LogP contribution is 2.33. The Morgan fingerprint density at radius 1 is 1.23 bits per heavy atom. The van der Waals surface area contributed by atoms with E-state index in [0.717, 1.165) is 18.3 Å². The van der Waals surface area contributed by atoms with E-state index in [-0.39, 0.29) is 0 Å². The van der Waals surface area contributed by atoms with E-state index in [1.807, 2.05) is 6.07 Å². The minimum atomic E-state index is 0.406. The van der Waals surface area contributed by atoms with E-state index < -0.39 is 0 Å². The van der Waals surface area contributed by atoms with Crippen LogP contribution in [0.1, 0.15) is 25.0 Å². The van der Waals surface area contributed by atoms with E-state index in [1.165, 1.54) is 17.5 Å². The lowest BCUT2D eigenvalue weighted by Crippen LogP contribution is -2.07. The Morgan fingerprint density at radius 2 is 1.92 bits per heavy atom. The zero-order chi connectivity index (χ0) is 9.42. The van der Waals surface area contributed by atoms with E-state index in [2.05, 4.69) is 19.9 Å². The summed E-state index contributed by atoms with van der Waals surface area (Å²) in [7, 11) is 0. The highest BCUT2D eigenvalue weighted by molar-refractivity contribution is 5.38. The van der Waals surface area contributed by atoms with E-state index in [0.29, 0.717) is 5.75 Å². The standard InChI is InChI=1S/C12H16O/c1-8(2)10-5-9-3-4-12(13)7-11(9)6-10/h3-4,7-8,10,13H,5-6H2,1-2H3. The highest BCUT2D eigenvalue weighted by atomic mass is 16.3. The van der Waals surface area contributed by atoms with Crippen molar-refractivity contribution in [3.8, 4) is 5.75 Å². The fourth-order valence-electron chi connectivity index (χ4n) is 2.11. The zero-order valence-electron chi connectivity index (χ0n) is 8.25. The van der Waals surface area contributed by atoms with Crippen LogP contribution >= 0.6 is 0 Å². The summed E-state index contributed by atoms with van der Waals surface area (Å²) < 4.78 is 0. The van der Waals surface area contributed by atoms with Crippen molar-refractivity contribution < 1.29 is 5.11 Å². The lowest BCUT2D eigenvalue weighted by Gasteiger charge is -2.12. The molecular formula is C12H16O. The molecule has 1 heteroatoms. The van der Waals surface area contributed by atoms with E-state index >= 15 is 0 Å². The molecule has 0 fully saturated rings. The van der Waals surface area contributed by atoms with Gasteiger partial charge in [-0.1, -0.05) is 19.9 Å². The summed E-state index contributed by atoms with van der Waals surface area (Å²) in [5, 5.41) is 9.32. The number of rotatable bonds is 1. The number of benzene rings is 1. The first kappa shape index (κ1) is 8.61. The fraction of sp³-hybridized carbons (Fsp3) is 0.500. The quantitative estimate of drug-likeness (QED) is 0.697. The van der Waals surface area contributed by atoms with Gasteiger partial charge in [-0.05, 0) is 47.9 Å². The minimum absolute atomic E-state index is 0.406. The summed E-state index contributed by atoms with van der Waals surface area (Å²) in [4.78, 5) is 0. The second-order valence-corrected chi connectivity index (χ2v) is 4.37. The maximum Gasteiger partial charge on any atom is 0.115 e. The molecular weight excluding hydrogens is 160 g/mol. The first-order valence-electron chi connectivity index (χ1n) is 4.97. The summed E-state index contributed by atoms with van der Waals surface area (Å²) in [5.74, 6) is 1.93. The molecule has 1 atom stereocenters. The van der Waals surface area contributed by atoms with Crippen LogP contribution in [0.15, 0.2) is 18.2 Å². The molecule has 0 aromatic heterocycles. The average molecular weight is 176 g/mol. The number of phenolic OH excluding ortho intramolecular Hbond substituents is 1. The Bertz CT molecular complexity index is 315. The third-order valence-corrected chi connectivity index (χ3v) is 3.10. The largest absolute Gasteiger partial charge is 0.508 e. The molecule has 1 aliphatic carbocycles. The average Bonchev–Trinajstić information content (AvgIpc) is 2.46. The third kappa shape index (κ3) is 1.55. The number of hydrogen-bond donors (Lipinski definition) is 1. The van der Waals surface area contributed by atoms with Gasteiger partial charge in [-0.25, -0.2) is 0 Å². The molecule has 1 unspecified atom stereocenters. The number of hydrogen-bond acceptors (Lipinski definition) is 1. The van der Waals surface area contributed by atoms with Crippen molar-refractivity contribution in [3.63, 3.8) is 0 Å². The van der Waals surface area contributed by atoms with Gasteiger partial charge < -0.3 is 5.11 Å². The van der Waals surface area contributed by atoms with Crippen molar-refractivity contribution in [3.05, 3.63) is 29.3 Å². The molecule has 70 valence electrons. The predicted octanol–water partition coefficient (Wildman–Crippen LogP) is 2.76. The van der Waals surface area contributed by atoms with Crippen LogP contribution in [0.2, 0.25) is 0 Å². The van der Waals surface area contributed by atoms with Gasteiger partial charge in [0.1, 0.15) is 5.75 Å². The molecule has 0 spiro atoms. The maximum atomic E-state index is 9.32. The Labute approximate surface area is 79.4 Å². The van der Waals surface area contributed by atoms with Crippen molar-refractivity contribution in [2.24, 2.45) is 11.8 Å². The van der Waals surface area contributed by atoms with Gasteiger partial charge in [-0.15, -0.1) is 0 Å². The summed E-state index contributed by atoms with van der Waals surface area (Å²) in [6.07, 6.45) is 2.33. The topological polar surface area (TPSA) is 20.2 Å². The van der Waals surface area contributed by atoms with Crippen LogP contribution in [0.5, 0.6) is 5.75 Å². The smallest absolute Gasteiger partial charge is 0.115 e. The monoisotopic (exact) mass is 176 g/mol. The maximum absolute atomic E-state index is 9.32. The lowest BCUT2D eigenvalue weighted by molar-refractivity contribution is 0.404. The van der Waals surface area contributed by atoms with Crippen molar-refractivity contribution in [2.75, 3.05) is 0 Å². The molecule has 13 heavy (non-hydrogen) atoms. The highest BCUT2D eigenvalue weighted by Gasteiger charge is 2.23. The van der Waals surface area contributed by atoms with Crippen LogP contribution < -0.4 is 0 Å². The van der Waals surface area contributed by atoms with Crippen LogP contribution in [-0.4, -0.2) is 5.11 Å². The summed E-state index contributed by atoms with van der Waals surface area (Å²) in [5.41, 5.74) is 2.77. The van der Waals surface area contributed by atoms with Crippen LogP contribution in [-0.2, 0) is 12.8 Å².